The van der Waals surface area contributed by atoms with E-state index in [2.05, 4.69) is 25.5 Å². The number of rotatable bonds is 5. The van der Waals surface area contributed by atoms with E-state index in [1.165, 1.54) is 0 Å². The molecular formula is C20H20N6O2. The fourth-order valence-electron chi connectivity index (χ4n) is 2.97. The highest BCUT2D eigenvalue weighted by atomic mass is 16.5. The van der Waals surface area contributed by atoms with Crippen LogP contribution in [-0.4, -0.2) is 30.8 Å². The van der Waals surface area contributed by atoms with Gasteiger partial charge in [-0.2, -0.15) is 5.10 Å². The summed E-state index contributed by atoms with van der Waals surface area (Å²) in [6, 6.07) is 7.39. The lowest BCUT2D eigenvalue weighted by atomic mass is 10.0. The zero-order valence-corrected chi connectivity index (χ0v) is 15.9. The van der Waals surface area contributed by atoms with E-state index in [1.807, 2.05) is 44.3 Å². The highest BCUT2D eigenvalue weighted by molar-refractivity contribution is 6.06. The monoisotopic (exact) mass is 376 g/mol. The first-order valence-electron chi connectivity index (χ1n) is 9.03. The number of nitrogens with one attached hydrogen (secondary N) is 1. The van der Waals surface area contributed by atoms with Gasteiger partial charge in [-0.3, -0.25) is 4.79 Å². The average molecular weight is 376 g/mol. The molecule has 0 saturated carbocycles. The Morgan fingerprint density at radius 1 is 1.29 bits per heavy atom. The maximum Gasteiger partial charge on any atom is 0.259 e. The number of carbonyl (C=O) groups is 1. The molecule has 4 aromatic heterocycles. The quantitative estimate of drug-likeness (QED) is 0.574. The third-order valence-corrected chi connectivity index (χ3v) is 4.48. The topological polar surface area (TPSA) is 98.7 Å². The molecule has 1 amide bonds. The molecule has 0 fully saturated rings. The van der Waals surface area contributed by atoms with E-state index in [0.29, 0.717) is 34.7 Å². The van der Waals surface area contributed by atoms with E-state index in [-0.39, 0.29) is 11.8 Å². The highest BCUT2D eigenvalue weighted by Gasteiger charge is 2.19. The zero-order chi connectivity index (χ0) is 19.7. The molecule has 0 bridgehead atoms. The number of pyridine rings is 2. The fraction of sp³-hybridized carbons (Fsp3) is 0.250. The van der Waals surface area contributed by atoms with Crippen molar-refractivity contribution in [2.45, 2.75) is 33.2 Å². The van der Waals surface area contributed by atoms with Gasteiger partial charge in [0.2, 0.25) is 0 Å². The number of carbonyl (C=O) groups excluding carboxylic acids is 1. The Hall–Kier alpha value is -3.55. The molecule has 0 aliphatic carbocycles. The van der Waals surface area contributed by atoms with E-state index in [0.717, 1.165) is 11.3 Å². The normalized spacial score (nSPS) is 11.3. The van der Waals surface area contributed by atoms with Crippen LogP contribution in [0.15, 0.2) is 47.4 Å². The lowest BCUT2D eigenvalue weighted by Gasteiger charge is -2.10. The van der Waals surface area contributed by atoms with Crippen LogP contribution in [0.5, 0.6) is 0 Å². The van der Waals surface area contributed by atoms with E-state index in [1.54, 1.807) is 24.0 Å². The Balaban J connectivity index is 1.59. The number of nitrogens with zero attached hydrogens (tertiary/aromatic N) is 5. The van der Waals surface area contributed by atoms with Crippen molar-refractivity contribution < 1.29 is 9.32 Å². The van der Waals surface area contributed by atoms with Crippen molar-refractivity contribution in [3.8, 4) is 5.82 Å². The van der Waals surface area contributed by atoms with E-state index < -0.39 is 0 Å². The molecule has 28 heavy (non-hydrogen) atoms. The molecule has 0 saturated heterocycles. The summed E-state index contributed by atoms with van der Waals surface area (Å²) in [4.78, 5) is 21.7. The maximum atomic E-state index is 12.9. The summed E-state index contributed by atoms with van der Waals surface area (Å²) >= 11 is 0. The van der Waals surface area contributed by atoms with Gasteiger partial charge in [0.1, 0.15) is 0 Å². The van der Waals surface area contributed by atoms with Crippen LogP contribution in [-0.2, 0) is 6.54 Å². The van der Waals surface area contributed by atoms with Gasteiger partial charge in [-0.1, -0.05) is 19.0 Å². The van der Waals surface area contributed by atoms with Crippen LogP contribution >= 0.6 is 0 Å². The standard InChI is InChI=1S/C20H20N6O2/c1-12(2)16-10-15(18-13(3)25-28-20(18)24-16)19(27)22-11-14-5-7-21-17(9-14)26-8-4-6-23-26/h4-10,12H,11H2,1-3H3,(H,22,27). The van der Waals surface area contributed by atoms with Gasteiger partial charge in [-0.25, -0.2) is 14.6 Å². The maximum absolute atomic E-state index is 12.9. The molecule has 4 rings (SSSR count). The zero-order valence-electron chi connectivity index (χ0n) is 15.9. The number of hydrogen-bond acceptors (Lipinski definition) is 6. The lowest BCUT2D eigenvalue weighted by molar-refractivity contribution is 0.0952. The fourth-order valence-corrected chi connectivity index (χ4v) is 2.97. The highest BCUT2D eigenvalue weighted by Crippen LogP contribution is 2.25. The van der Waals surface area contributed by atoms with Gasteiger partial charge >= 0.3 is 0 Å². The summed E-state index contributed by atoms with van der Waals surface area (Å²) in [5, 5.41) is 11.8. The van der Waals surface area contributed by atoms with Crippen LogP contribution in [0.1, 0.15) is 47.1 Å². The van der Waals surface area contributed by atoms with E-state index in [4.69, 9.17) is 4.52 Å². The van der Waals surface area contributed by atoms with Crippen molar-refractivity contribution in [1.29, 1.82) is 0 Å². The number of hydrogen-bond donors (Lipinski definition) is 1. The Kier molecular flexibility index (Phi) is 4.60. The van der Waals surface area contributed by atoms with Crippen LogP contribution in [0.25, 0.3) is 16.9 Å². The first-order valence-corrected chi connectivity index (χ1v) is 9.03. The first kappa shape index (κ1) is 17.8. The molecule has 0 unspecified atom stereocenters. The van der Waals surface area contributed by atoms with Crippen LogP contribution in [0, 0.1) is 6.92 Å². The third-order valence-electron chi connectivity index (χ3n) is 4.48. The van der Waals surface area contributed by atoms with Crippen LogP contribution < -0.4 is 5.32 Å². The number of fused-ring (bicyclic) bond motifs is 1. The van der Waals surface area contributed by atoms with Gasteiger partial charge in [0, 0.05) is 30.8 Å². The van der Waals surface area contributed by atoms with Crippen LogP contribution in [0.3, 0.4) is 0 Å². The number of aromatic nitrogens is 5. The largest absolute Gasteiger partial charge is 0.348 e. The molecule has 0 spiro atoms. The van der Waals surface area contributed by atoms with Gasteiger partial charge in [-0.05, 0) is 42.7 Å². The molecule has 0 aliphatic heterocycles. The molecule has 0 aliphatic rings. The third kappa shape index (κ3) is 3.36. The summed E-state index contributed by atoms with van der Waals surface area (Å²) in [6.45, 7) is 6.21. The lowest BCUT2D eigenvalue weighted by Crippen LogP contribution is -2.23. The Morgan fingerprint density at radius 3 is 2.89 bits per heavy atom. The summed E-state index contributed by atoms with van der Waals surface area (Å²) in [5.41, 5.74) is 3.27. The van der Waals surface area contributed by atoms with Crippen molar-refractivity contribution in [1.82, 2.24) is 30.2 Å². The summed E-state index contributed by atoms with van der Waals surface area (Å²) in [5.74, 6) is 0.663. The minimum atomic E-state index is -0.196. The van der Waals surface area contributed by atoms with Crippen molar-refractivity contribution in [3.05, 3.63) is 65.4 Å². The predicted octanol–water partition coefficient (Wildman–Crippen LogP) is 3.17. The molecule has 4 heterocycles. The molecule has 1 N–H and O–H groups in total. The summed E-state index contributed by atoms with van der Waals surface area (Å²) in [6.07, 6.45) is 5.21. The van der Waals surface area contributed by atoms with E-state index >= 15 is 0 Å². The molecule has 8 nitrogen and oxygen atoms in total. The van der Waals surface area contributed by atoms with Crippen molar-refractivity contribution in [2.75, 3.05) is 0 Å². The molecular weight excluding hydrogens is 356 g/mol. The Labute approximate surface area is 161 Å². The van der Waals surface area contributed by atoms with Gasteiger partial charge in [0.05, 0.1) is 16.6 Å². The van der Waals surface area contributed by atoms with Gasteiger partial charge in [-0.15, -0.1) is 0 Å². The Morgan fingerprint density at radius 2 is 2.14 bits per heavy atom. The molecule has 0 radical (unpaired) electrons. The second kappa shape index (κ2) is 7.22. The number of amides is 1. The van der Waals surface area contributed by atoms with E-state index in [9.17, 15) is 4.79 Å². The predicted molar refractivity (Wildman–Crippen MR) is 103 cm³/mol. The molecule has 142 valence electrons. The van der Waals surface area contributed by atoms with Crippen LogP contribution in [0.2, 0.25) is 0 Å². The van der Waals surface area contributed by atoms with Gasteiger partial charge in [0.25, 0.3) is 11.6 Å². The SMILES string of the molecule is Cc1noc2nc(C(C)C)cc(C(=O)NCc3ccnc(-n4cccn4)c3)c12. The minimum Gasteiger partial charge on any atom is -0.348 e. The van der Waals surface area contributed by atoms with Crippen molar-refractivity contribution in [3.63, 3.8) is 0 Å². The molecule has 0 aromatic carbocycles. The summed E-state index contributed by atoms with van der Waals surface area (Å²) < 4.78 is 6.96. The van der Waals surface area contributed by atoms with Crippen LogP contribution in [0.4, 0.5) is 0 Å². The van der Waals surface area contributed by atoms with Crippen molar-refractivity contribution in [2.24, 2.45) is 0 Å². The Bertz CT molecular complexity index is 1130. The average Bonchev–Trinajstić information content (AvgIpc) is 3.36. The second-order valence-electron chi connectivity index (χ2n) is 6.85. The van der Waals surface area contributed by atoms with Gasteiger partial charge < -0.3 is 9.84 Å². The number of aryl methyl sites for hydroxylation is 1. The van der Waals surface area contributed by atoms with Gasteiger partial charge in [0.15, 0.2) is 5.82 Å². The first-order chi connectivity index (χ1) is 13.5. The second-order valence-corrected chi connectivity index (χ2v) is 6.85. The van der Waals surface area contributed by atoms with Crippen molar-refractivity contribution >= 4 is 17.0 Å². The minimum absolute atomic E-state index is 0.165. The smallest absolute Gasteiger partial charge is 0.259 e. The summed E-state index contributed by atoms with van der Waals surface area (Å²) in [7, 11) is 0. The molecule has 8 heteroatoms. The molecule has 4 aromatic rings. The molecule has 0 atom stereocenters.